The number of nitrogens with one attached hydrogen (secondary N) is 1. The van der Waals surface area contributed by atoms with Crippen molar-refractivity contribution in [1.29, 1.82) is 0 Å². The number of amides is 2. The third-order valence-electron chi connectivity index (χ3n) is 4.28. The monoisotopic (exact) mass is 294 g/mol. The minimum absolute atomic E-state index is 0.0371. The lowest BCUT2D eigenvalue weighted by Gasteiger charge is -2.19. The number of rotatable bonds is 5. The first-order valence-corrected chi connectivity index (χ1v) is 7.64. The molecule has 1 saturated heterocycles. The van der Waals surface area contributed by atoms with Crippen LogP contribution in [-0.2, 0) is 6.54 Å². The Morgan fingerprint density at radius 1 is 1.52 bits per heavy atom. The Balaban J connectivity index is 1.78. The summed E-state index contributed by atoms with van der Waals surface area (Å²) in [6.07, 6.45) is 1.17. The molecule has 1 aromatic rings. The Morgan fingerprint density at radius 3 is 2.86 bits per heavy atom. The van der Waals surface area contributed by atoms with E-state index in [1.165, 1.54) is 6.42 Å². The molecule has 1 atom stereocenters. The third-order valence-corrected chi connectivity index (χ3v) is 4.28. The summed E-state index contributed by atoms with van der Waals surface area (Å²) in [6.45, 7) is 10.6. The maximum atomic E-state index is 12.1. The van der Waals surface area contributed by atoms with Crippen LogP contribution in [0.4, 0.5) is 4.79 Å². The predicted molar refractivity (Wildman–Crippen MR) is 81.1 cm³/mol. The molecule has 2 heterocycles. The molecule has 1 aliphatic rings. The number of hydrogen-bond acceptors (Lipinski definition) is 4. The summed E-state index contributed by atoms with van der Waals surface area (Å²) in [4.78, 5) is 16.3. The summed E-state index contributed by atoms with van der Waals surface area (Å²) in [6, 6.07) is -0.0371. The van der Waals surface area contributed by atoms with Crippen LogP contribution in [0.25, 0.3) is 0 Å². The van der Waals surface area contributed by atoms with Crippen LogP contribution in [-0.4, -0.2) is 54.2 Å². The lowest BCUT2D eigenvalue weighted by Crippen LogP contribution is -2.39. The highest BCUT2D eigenvalue weighted by molar-refractivity contribution is 5.73. The molecule has 2 amide bonds. The minimum Gasteiger partial charge on any atom is -0.361 e. The van der Waals surface area contributed by atoms with Crippen molar-refractivity contribution in [2.75, 3.05) is 33.2 Å². The Kier molecular flexibility index (Phi) is 5.22. The van der Waals surface area contributed by atoms with Crippen LogP contribution in [0.5, 0.6) is 0 Å². The lowest BCUT2D eigenvalue weighted by atomic mass is 10.1. The van der Waals surface area contributed by atoms with Crippen molar-refractivity contribution in [1.82, 2.24) is 20.3 Å². The average molecular weight is 294 g/mol. The maximum absolute atomic E-state index is 12.1. The molecule has 0 spiro atoms. The van der Waals surface area contributed by atoms with Gasteiger partial charge >= 0.3 is 6.03 Å². The van der Waals surface area contributed by atoms with Crippen molar-refractivity contribution in [3.05, 3.63) is 17.0 Å². The van der Waals surface area contributed by atoms with Crippen molar-refractivity contribution >= 4 is 6.03 Å². The zero-order valence-corrected chi connectivity index (χ0v) is 13.5. The van der Waals surface area contributed by atoms with Crippen LogP contribution in [0.2, 0.25) is 0 Å². The minimum atomic E-state index is -0.0371. The van der Waals surface area contributed by atoms with Gasteiger partial charge in [0.2, 0.25) is 0 Å². The quantitative estimate of drug-likeness (QED) is 0.899. The van der Waals surface area contributed by atoms with E-state index >= 15 is 0 Å². The van der Waals surface area contributed by atoms with E-state index < -0.39 is 0 Å². The van der Waals surface area contributed by atoms with Crippen LogP contribution in [0.15, 0.2) is 4.52 Å². The molecule has 0 aliphatic carbocycles. The molecular weight excluding hydrogens is 268 g/mol. The second kappa shape index (κ2) is 6.93. The molecule has 2 rings (SSSR count). The van der Waals surface area contributed by atoms with Crippen LogP contribution in [0.3, 0.4) is 0 Å². The number of carbonyl (C=O) groups is 1. The molecule has 21 heavy (non-hydrogen) atoms. The van der Waals surface area contributed by atoms with E-state index in [-0.39, 0.29) is 6.03 Å². The summed E-state index contributed by atoms with van der Waals surface area (Å²) in [5.41, 5.74) is 1.84. The van der Waals surface area contributed by atoms with E-state index in [1.807, 2.05) is 13.8 Å². The number of hydrogen-bond donors (Lipinski definition) is 1. The second-order valence-electron chi connectivity index (χ2n) is 5.89. The van der Waals surface area contributed by atoms with Crippen LogP contribution < -0.4 is 5.32 Å². The number of nitrogens with zero attached hydrogens (tertiary/aromatic N) is 3. The smallest absolute Gasteiger partial charge is 0.317 e. The average Bonchev–Trinajstić information content (AvgIpc) is 3.06. The predicted octanol–water partition coefficient (Wildman–Crippen LogP) is 1.77. The molecule has 0 unspecified atom stereocenters. The highest BCUT2D eigenvalue weighted by Crippen LogP contribution is 2.16. The van der Waals surface area contributed by atoms with Gasteiger partial charge in [-0.15, -0.1) is 0 Å². The van der Waals surface area contributed by atoms with Gasteiger partial charge in [0, 0.05) is 25.7 Å². The summed E-state index contributed by atoms with van der Waals surface area (Å²) >= 11 is 0. The van der Waals surface area contributed by atoms with Gasteiger partial charge in [-0.05, 0) is 39.3 Å². The van der Waals surface area contributed by atoms with E-state index in [1.54, 1.807) is 11.9 Å². The maximum Gasteiger partial charge on any atom is 0.317 e. The molecule has 1 N–H and O–H groups in total. The summed E-state index contributed by atoms with van der Waals surface area (Å²) in [7, 11) is 1.80. The van der Waals surface area contributed by atoms with Gasteiger partial charge in [-0.3, -0.25) is 0 Å². The molecule has 6 nitrogen and oxygen atoms in total. The molecule has 0 aromatic carbocycles. The molecule has 1 aliphatic heterocycles. The van der Waals surface area contributed by atoms with Crippen molar-refractivity contribution in [3.8, 4) is 0 Å². The standard InChI is InChI=1S/C15H26N4O2/c1-5-19-7-6-13(9-19)8-16-15(20)18(4)10-14-11(2)17-21-12(14)3/h13H,5-10H2,1-4H3,(H,16,20)/t13-/m0/s1. The zero-order chi connectivity index (χ0) is 15.4. The van der Waals surface area contributed by atoms with Crippen molar-refractivity contribution in [3.63, 3.8) is 0 Å². The zero-order valence-electron chi connectivity index (χ0n) is 13.5. The summed E-state index contributed by atoms with van der Waals surface area (Å²) < 4.78 is 5.13. The second-order valence-corrected chi connectivity index (χ2v) is 5.89. The van der Waals surface area contributed by atoms with Gasteiger partial charge in [0.1, 0.15) is 5.76 Å². The first-order chi connectivity index (χ1) is 10.0. The number of aryl methyl sites for hydroxylation is 2. The van der Waals surface area contributed by atoms with Crippen molar-refractivity contribution in [2.24, 2.45) is 5.92 Å². The van der Waals surface area contributed by atoms with E-state index in [4.69, 9.17) is 4.52 Å². The van der Waals surface area contributed by atoms with Gasteiger partial charge in [0.25, 0.3) is 0 Å². The fourth-order valence-electron chi connectivity index (χ4n) is 2.77. The highest BCUT2D eigenvalue weighted by Gasteiger charge is 2.22. The van der Waals surface area contributed by atoms with E-state index in [9.17, 15) is 4.79 Å². The normalized spacial score (nSPS) is 19.0. The van der Waals surface area contributed by atoms with Crippen LogP contribution >= 0.6 is 0 Å². The van der Waals surface area contributed by atoms with Gasteiger partial charge in [-0.2, -0.15) is 0 Å². The molecule has 1 fully saturated rings. The Morgan fingerprint density at radius 2 is 2.29 bits per heavy atom. The van der Waals surface area contributed by atoms with Gasteiger partial charge in [-0.25, -0.2) is 4.79 Å². The number of aromatic nitrogens is 1. The molecule has 0 saturated carbocycles. The fraction of sp³-hybridized carbons (Fsp3) is 0.733. The van der Waals surface area contributed by atoms with Gasteiger partial charge in [0.15, 0.2) is 0 Å². The van der Waals surface area contributed by atoms with Gasteiger partial charge in [0.05, 0.1) is 12.2 Å². The lowest BCUT2D eigenvalue weighted by molar-refractivity contribution is 0.204. The van der Waals surface area contributed by atoms with E-state index in [0.717, 1.165) is 43.2 Å². The SMILES string of the molecule is CCN1CC[C@@H](CNC(=O)N(C)Cc2c(C)noc2C)C1. The van der Waals surface area contributed by atoms with Gasteiger partial charge < -0.3 is 19.6 Å². The Hall–Kier alpha value is -1.56. The van der Waals surface area contributed by atoms with Crippen LogP contribution in [0.1, 0.15) is 30.4 Å². The topological polar surface area (TPSA) is 61.6 Å². The Labute approximate surface area is 126 Å². The molecule has 118 valence electrons. The molecule has 6 heteroatoms. The highest BCUT2D eigenvalue weighted by atomic mass is 16.5. The van der Waals surface area contributed by atoms with E-state index in [0.29, 0.717) is 12.5 Å². The van der Waals surface area contributed by atoms with Gasteiger partial charge in [-0.1, -0.05) is 12.1 Å². The largest absolute Gasteiger partial charge is 0.361 e. The van der Waals surface area contributed by atoms with E-state index in [2.05, 4.69) is 22.3 Å². The number of likely N-dealkylation sites (tertiary alicyclic amines) is 1. The van der Waals surface area contributed by atoms with Crippen molar-refractivity contribution in [2.45, 2.75) is 33.7 Å². The molecular formula is C15H26N4O2. The first-order valence-electron chi connectivity index (χ1n) is 7.64. The molecule has 1 aromatic heterocycles. The van der Waals surface area contributed by atoms with Crippen LogP contribution in [0, 0.1) is 19.8 Å². The molecule has 0 radical (unpaired) electrons. The molecule has 0 bridgehead atoms. The van der Waals surface area contributed by atoms with Crippen molar-refractivity contribution < 1.29 is 9.32 Å². The summed E-state index contributed by atoms with van der Waals surface area (Å²) in [5, 5.41) is 6.95. The number of carbonyl (C=O) groups excluding carboxylic acids is 1. The fourth-order valence-corrected chi connectivity index (χ4v) is 2.77. The third kappa shape index (κ3) is 3.97. The number of urea groups is 1. The first kappa shape index (κ1) is 15.8. The Bertz CT molecular complexity index is 467. The summed E-state index contributed by atoms with van der Waals surface area (Å²) in [5.74, 6) is 1.35.